The second kappa shape index (κ2) is 4.41. The summed E-state index contributed by atoms with van der Waals surface area (Å²) in [6.07, 6.45) is 0.994. The number of hydrogen-bond acceptors (Lipinski definition) is 0. The molecule has 14 heavy (non-hydrogen) atoms. The highest BCUT2D eigenvalue weighted by atomic mass is 19.1. The third-order valence-electron chi connectivity index (χ3n) is 2.35. The number of rotatable bonds is 1. The van der Waals surface area contributed by atoms with Gasteiger partial charge in [0.05, 0.1) is 0 Å². The molecule has 1 saturated carbocycles. The first-order valence-electron chi connectivity index (χ1n) is 5.12. The Balaban J connectivity index is 0.000000461. The molecule has 0 radical (unpaired) electrons. The smallest absolute Gasteiger partial charge is 0.143 e. The Hall–Kier alpha value is -1.11. The summed E-state index contributed by atoms with van der Waals surface area (Å²) in [4.78, 5) is 0. The quantitative estimate of drug-likeness (QED) is 0.584. The molecule has 0 saturated heterocycles. The SMILES string of the molecule is C=C1CC(F)(c2ccccc2)C1.CC. The van der Waals surface area contributed by atoms with Gasteiger partial charge in [0, 0.05) is 12.8 Å². The zero-order chi connectivity index (χ0) is 10.6. The van der Waals surface area contributed by atoms with E-state index in [1.807, 2.05) is 44.2 Å². The third kappa shape index (κ3) is 2.03. The van der Waals surface area contributed by atoms with Gasteiger partial charge in [-0.1, -0.05) is 56.3 Å². The van der Waals surface area contributed by atoms with Crippen molar-refractivity contribution in [2.75, 3.05) is 0 Å². The van der Waals surface area contributed by atoms with Crippen LogP contribution in [0.25, 0.3) is 0 Å². The maximum Gasteiger partial charge on any atom is 0.143 e. The summed E-state index contributed by atoms with van der Waals surface area (Å²) in [5.41, 5.74) is 0.692. The fourth-order valence-corrected chi connectivity index (χ4v) is 1.68. The number of allylic oxidation sites excluding steroid dienone is 1. The van der Waals surface area contributed by atoms with Gasteiger partial charge in [0.25, 0.3) is 0 Å². The van der Waals surface area contributed by atoms with Crippen molar-refractivity contribution in [1.29, 1.82) is 0 Å². The molecule has 0 atom stereocenters. The molecule has 0 heterocycles. The maximum atomic E-state index is 13.8. The fraction of sp³-hybridized carbons (Fsp3) is 0.385. The zero-order valence-electron chi connectivity index (χ0n) is 8.89. The number of hydrogen-bond donors (Lipinski definition) is 0. The Morgan fingerprint density at radius 1 is 1.14 bits per heavy atom. The van der Waals surface area contributed by atoms with E-state index in [0.717, 1.165) is 11.1 Å². The molecule has 1 aromatic carbocycles. The van der Waals surface area contributed by atoms with Gasteiger partial charge in [-0.05, 0) is 5.56 Å². The largest absolute Gasteiger partial charge is 0.238 e. The number of alkyl halides is 1. The first-order chi connectivity index (χ1) is 6.71. The van der Waals surface area contributed by atoms with Crippen molar-refractivity contribution >= 4 is 0 Å². The molecular formula is C13H17F. The lowest BCUT2D eigenvalue weighted by atomic mass is 9.74. The van der Waals surface area contributed by atoms with Gasteiger partial charge in [0.2, 0.25) is 0 Å². The van der Waals surface area contributed by atoms with E-state index in [2.05, 4.69) is 6.58 Å². The van der Waals surface area contributed by atoms with Gasteiger partial charge in [-0.25, -0.2) is 4.39 Å². The van der Waals surface area contributed by atoms with Crippen molar-refractivity contribution in [3.8, 4) is 0 Å². The molecule has 1 fully saturated rings. The molecule has 1 aromatic rings. The Kier molecular flexibility index (Phi) is 3.45. The molecule has 0 bridgehead atoms. The first-order valence-corrected chi connectivity index (χ1v) is 5.12. The summed E-state index contributed by atoms with van der Waals surface area (Å²) >= 11 is 0. The van der Waals surface area contributed by atoms with Crippen molar-refractivity contribution in [3.63, 3.8) is 0 Å². The minimum Gasteiger partial charge on any atom is -0.238 e. The van der Waals surface area contributed by atoms with Crippen LogP contribution in [0.3, 0.4) is 0 Å². The Morgan fingerprint density at radius 3 is 2.07 bits per heavy atom. The van der Waals surface area contributed by atoms with Gasteiger partial charge in [0.1, 0.15) is 5.67 Å². The highest BCUT2D eigenvalue weighted by Crippen LogP contribution is 2.47. The fourth-order valence-electron chi connectivity index (χ4n) is 1.68. The minimum absolute atomic E-state index is 0.497. The van der Waals surface area contributed by atoms with Crippen molar-refractivity contribution in [1.82, 2.24) is 0 Å². The summed E-state index contributed by atoms with van der Waals surface area (Å²) in [6, 6.07) is 9.33. The van der Waals surface area contributed by atoms with Gasteiger partial charge in [-0.15, -0.1) is 0 Å². The molecule has 0 aromatic heterocycles. The highest BCUT2D eigenvalue weighted by Gasteiger charge is 2.41. The normalized spacial score (nSPS) is 17.8. The molecule has 0 unspecified atom stereocenters. The van der Waals surface area contributed by atoms with Gasteiger partial charge >= 0.3 is 0 Å². The van der Waals surface area contributed by atoms with E-state index >= 15 is 0 Å². The topological polar surface area (TPSA) is 0 Å². The highest BCUT2D eigenvalue weighted by molar-refractivity contribution is 5.31. The van der Waals surface area contributed by atoms with Crippen LogP contribution in [-0.4, -0.2) is 0 Å². The molecule has 1 aliphatic carbocycles. The second-order valence-electron chi connectivity index (χ2n) is 3.43. The molecule has 0 nitrogen and oxygen atoms in total. The third-order valence-corrected chi connectivity index (χ3v) is 2.35. The van der Waals surface area contributed by atoms with E-state index in [4.69, 9.17) is 0 Å². The molecule has 76 valence electrons. The summed E-state index contributed by atoms with van der Waals surface area (Å²) in [6.45, 7) is 7.74. The van der Waals surface area contributed by atoms with Crippen LogP contribution in [0.5, 0.6) is 0 Å². The van der Waals surface area contributed by atoms with Gasteiger partial charge in [-0.2, -0.15) is 0 Å². The van der Waals surface area contributed by atoms with Crippen LogP contribution in [0.1, 0.15) is 32.3 Å². The Bertz CT molecular complexity index is 292. The van der Waals surface area contributed by atoms with Crippen LogP contribution < -0.4 is 0 Å². The molecular weight excluding hydrogens is 175 g/mol. The predicted molar refractivity (Wildman–Crippen MR) is 59.0 cm³/mol. The summed E-state index contributed by atoms with van der Waals surface area (Å²) in [5.74, 6) is 0. The van der Waals surface area contributed by atoms with Gasteiger partial charge in [-0.3, -0.25) is 0 Å². The van der Waals surface area contributed by atoms with E-state index in [9.17, 15) is 4.39 Å². The minimum atomic E-state index is -1.11. The Labute approximate surface area is 85.5 Å². The van der Waals surface area contributed by atoms with E-state index in [1.54, 1.807) is 0 Å². The standard InChI is InChI=1S/C11H11F.C2H6/c1-9-7-11(12,8-9)10-5-3-2-4-6-10;1-2/h2-6H,1,7-8H2;1-2H3. The van der Waals surface area contributed by atoms with Gasteiger partial charge in [0.15, 0.2) is 0 Å². The van der Waals surface area contributed by atoms with Crippen LogP contribution >= 0.6 is 0 Å². The van der Waals surface area contributed by atoms with E-state index in [1.165, 1.54) is 0 Å². The molecule has 0 N–H and O–H groups in total. The monoisotopic (exact) mass is 192 g/mol. The molecule has 1 aliphatic rings. The van der Waals surface area contributed by atoms with Crippen LogP contribution in [0.2, 0.25) is 0 Å². The van der Waals surface area contributed by atoms with E-state index in [0.29, 0.717) is 12.8 Å². The maximum absolute atomic E-state index is 13.8. The van der Waals surface area contributed by atoms with E-state index < -0.39 is 5.67 Å². The zero-order valence-corrected chi connectivity index (χ0v) is 8.89. The first kappa shape index (κ1) is 11.0. The van der Waals surface area contributed by atoms with Crippen molar-refractivity contribution in [3.05, 3.63) is 48.0 Å². The average Bonchev–Trinajstić information content (AvgIpc) is 2.20. The van der Waals surface area contributed by atoms with Crippen LogP contribution in [-0.2, 0) is 5.67 Å². The number of benzene rings is 1. The second-order valence-corrected chi connectivity index (χ2v) is 3.43. The lowest BCUT2D eigenvalue weighted by Gasteiger charge is -2.36. The average molecular weight is 192 g/mol. The summed E-state index contributed by atoms with van der Waals surface area (Å²) in [5, 5.41) is 0. The lowest BCUT2D eigenvalue weighted by Crippen LogP contribution is -2.30. The lowest BCUT2D eigenvalue weighted by molar-refractivity contribution is 0.112. The number of halogens is 1. The van der Waals surface area contributed by atoms with Crippen molar-refractivity contribution < 1.29 is 4.39 Å². The Morgan fingerprint density at radius 2 is 1.64 bits per heavy atom. The molecule has 2 rings (SSSR count). The van der Waals surface area contributed by atoms with Gasteiger partial charge < -0.3 is 0 Å². The van der Waals surface area contributed by atoms with Crippen molar-refractivity contribution in [2.45, 2.75) is 32.4 Å². The van der Waals surface area contributed by atoms with Crippen molar-refractivity contribution in [2.24, 2.45) is 0 Å². The van der Waals surface area contributed by atoms with Crippen LogP contribution in [0.15, 0.2) is 42.5 Å². The molecule has 0 spiro atoms. The van der Waals surface area contributed by atoms with E-state index in [-0.39, 0.29) is 0 Å². The summed E-state index contributed by atoms with van der Waals surface area (Å²) < 4.78 is 13.8. The molecule has 0 aliphatic heterocycles. The molecule has 1 heteroatoms. The predicted octanol–water partition coefficient (Wildman–Crippen LogP) is 4.23. The summed E-state index contributed by atoms with van der Waals surface area (Å²) in [7, 11) is 0. The molecule has 0 amide bonds. The van der Waals surface area contributed by atoms with Crippen LogP contribution in [0, 0.1) is 0 Å². The van der Waals surface area contributed by atoms with Crippen LogP contribution in [0.4, 0.5) is 4.39 Å².